The zero-order valence-electron chi connectivity index (χ0n) is 46.9. The molecule has 3 amide bonds. The lowest BCUT2D eigenvalue weighted by Crippen LogP contribution is -2.39. The summed E-state index contributed by atoms with van der Waals surface area (Å²) in [5.41, 5.74) is 3.52. The second-order valence-corrected chi connectivity index (χ2v) is 23.8. The SMILES string of the molecule is CC(C)(C)CC(=O)Nc1nc2ccc(Cl)nc2n1-c1ccc(OC(F)(F)F)cc1.CC1(n2c(NC(=O)C[C@@](C)(O)c3ccccc3)nc3ccc(Cl)nc32)CCC1.Cc1ccc2nc(NC(=O)CC(C)(C)C)n(-c3ccc(F)c(F)c3)c2n1. The number of hydrogen-bond donors (Lipinski definition) is 4. The Labute approximate surface area is 484 Å². The number of aromatic nitrogens is 9. The zero-order chi connectivity index (χ0) is 60.4. The number of aryl methyl sites for hydroxylation is 1. The molecule has 10 rings (SSSR count). The van der Waals surface area contributed by atoms with Crippen LogP contribution < -0.4 is 20.7 Å². The monoisotopic (exact) mass is 1180 g/mol. The third kappa shape index (κ3) is 15.3. The highest BCUT2D eigenvalue weighted by Gasteiger charge is 2.38. The molecular formula is C59H61Cl2F5N12O5. The van der Waals surface area contributed by atoms with Gasteiger partial charge in [0.1, 0.15) is 32.6 Å². The van der Waals surface area contributed by atoms with E-state index in [0.29, 0.717) is 68.0 Å². The van der Waals surface area contributed by atoms with E-state index in [1.54, 1.807) is 43.3 Å². The molecule has 0 radical (unpaired) electrons. The Hall–Kier alpha value is -8.08. The summed E-state index contributed by atoms with van der Waals surface area (Å²) in [6.07, 6.45) is -1.24. The number of carbonyl (C=O) groups excluding carboxylic acids is 3. The summed E-state index contributed by atoms with van der Waals surface area (Å²) in [6, 6.07) is 28.1. The molecule has 24 heteroatoms. The van der Waals surface area contributed by atoms with Gasteiger partial charge < -0.3 is 9.84 Å². The zero-order valence-corrected chi connectivity index (χ0v) is 48.4. The van der Waals surface area contributed by atoms with Gasteiger partial charge in [0, 0.05) is 30.1 Å². The van der Waals surface area contributed by atoms with E-state index in [2.05, 4.69) is 57.5 Å². The van der Waals surface area contributed by atoms with Crippen molar-refractivity contribution in [3.63, 3.8) is 0 Å². The van der Waals surface area contributed by atoms with Gasteiger partial charge in [-0.3, -0.25) is 44.0 Å². The third-order valence-corrected chi connectivity index (χ3v) is 13.5. The lowest BCUT2D eigenvalue weighted by atomic mass is 9.78. The number of hydrogen-bond acceptors (Lipinski definition) is 11. The highest BCUT2D eigenvalue weighted by atomic mass is 35.5. The molecule has 1 fully saturated rings. The van der Waals surface area contributed by atoms with Crippen molar-refractivity contribution in [2.24, 2.45) is 10.8 Å². The average molecular weight is 1180 g/mol. The molecule has 0 spiro atoms. The van der Waals surface area contributed by atoms with E-state index < -0.39 is 23.6 Å². The number of nitrogens with one attached hydrogen (secondary N) is 3. The first-order valence-corrected chi connectivity index (χ1v) is 27.0. The number of amides is 3. The van der Waals surface area contributed by atoms with E-state index in [1.807, 2.05) is 83.4 Å². The third-order valence-electron chi connectivity index (χ3n) is 13.1. The first kappa shape index (κ1) is 61.0. The van der Waals surface area contributed by atoms with Crippen molar-refractivity contribution in [2.45, 2.75) is 118 Å². The number of aliphatic hydroxyl groups is 1. The van der Waals surface area contributed by atoms with E-state index in [9.17, 15) is 41.4 Å². The molecule has 1 aliphatic rings. The Morgan fingerprint density at radius 3 is 1.58 bits per heavy atom. The Morgan fingerprint density at radius 1 is 0.590 bits per heavy atom. The molecule has 436 valence electrons. The molecular weight excluding hydrogens is 1120 g/mol. The topological polar surface area (TPSA) is 209 Å². The van der Waals surface area contributed by atoms with Crippen LogP contribution in [0, 0.1) is 29.4 Å². The van der Waals surface area contributed by atoms with E-state index in [1.165, 1.54) is 39.5 Å². The molecule has 1 saturated carbocycles. The molecule has 3 aromatic carbocycles. The van der Waals surface area contributed by atoms with Gasteiger partial charge in [0.15, 0.2) is 28.6 Å². The smallest absolute Gasteiger partial charge is 0.406 e. The number of carbonyl (C=O) groups is 3. The number of ether oxygens (including phenoxy) is 1. The number of nitrogens with zero attached hydrogens (tertiary/aromatic N) is 9. The van der Waals surface area contributed by atoms with Gasteiger partial charge >= 0.3 is 6.36 Å². The second kappa shape index (κ2) is 24.0. The van der Waals surface area contributed by atoms with Crippen molar-refractivity contribution >= 4 is 92.3 Å². The van der Waals surface area contributed by atoms with Gasteiger partial charge in [0.2, 0.25) is 35.6 Å². The number of pyridine rings is 3. The van der Waals surface area contributed by atoms with Crippen LogP contribution in [0.15, 0.2) is 109 Å². The van der Waals surface area contributed by atoms with E-state index in [4.69, 9.17) is 23.2 Å². The predicted molar refractivity (Wildman–Crippen MR) is 309 cm³/mol. The fourth-order valence-corrected chi connectivity index (χ4v) is 9.47. The van der Waals surface area contributed by atoms with E-state index in [0.717, 1.165) is 37.1 Å². The number of imidazole rings is 3. The van der Waals surface area contributed by atoms with Crippen LogP contribution in [0.25, 0.3) is 44.9 Å². The molecule has 0 bridgehead atoms. The van der Waals surface area contributed by atoms with Gasteiger partial charge in [-0.1, -0.05) is 95.1 Å². The maximum Gasteiger partial charge on any atom is 0.573 e. The van der Waals surface area contributed by atoms with Crippen LogP contribution >= 0.6 is 23.2 Å². The number of halogens is 7. The van der Waals surface area contributed by atoms with Gasteiger partial charge in [-0.15, -0.1) is 13.2 Å². The average Bonchev–Trinajstić information content (AvgIpc) is 2.17. The lowest BCUT2D eigenvalue weighted by Gasteiger charge is -2.40. The minimum absolute atomic E-state index is 0.0783. The Kier molecular flexibility index (Phi) is 17.7. The fourth-order valence-electron chi connectivity index (χ4n) is 9.19. The van der Waals surface area contributed by atoms with Gasteiger partial charge in [0.25, 0.3) is 0 Å². The molecule has 83 heavy (non-hydrogen) atoms. The number of alkyl halides is 3. The lowest BCUT2D eigenvalue weighted by molar-refractivity contribution is -0.274. The number of benzene rings is 3. The summed E-state index contributed by atoms with van der Waals surface area (Å²) >= 11 is 12.1. The van der Waals surface area contributed by atoms with Gasteiger partial charge in [-0.25, -0.2) is 38.7 Å². The Bertz CT molecular complexity index is 3850. The van der Waals surface area contributed by atoms with Crippen LogP contribution in [-0.4, -0.2) is 72.8 Å². The number of fused-ring (bicyclic) bond motifs is 3. The predicted octanol–water partition coefficient (Wildman–Crippen LogP) is 13.9. The van der Waals surface area contributed by atoms with Crippen molar-refractivity contribution in [2.75, 3.05) is 16.0 Å². The van der Waals surface area contributed by atoms with Crippen molar-refractivity contribution < 1.29 is 46.2 Å². The molecule has 0 aliphatic heterocycles. The minimum atomic E-state index is -4.79. The first-order valence-electron chi connectivity index (χ1n) is 26.3. The summed E-state index contributed by atoms with van der Waals surface area (Å²) in [7, 11) is 0. The van der Waals surface area contributed by atoms with Crippen molar-refractivity contribution in [1.82, 2.24) is 43.6 Å². The van der Waals surface area contributed by atoms with Gasteiger partial charge in [-0.2, -0.15) is 0 Å². The van der Waals surface area contributed by atoms with Crippen LogP contribution in [0.2, 0.25) is 10.3 Å². The quantitative estimate of drug-likeness (QED) is 0.0668. The maximum absolute atomic E-state index is 13.8. The molecule has 0 saturated heterocycles. The van der Waals surface area contributed by atoms with Crippen LogP contribution in [-0.2, 0) is 25.5 Å². The molecule has 0 unspecified atom stereocenters. The van der Waals surface area contributed by atoms with Crippen LogP contribution in [0.4, 0.5) is 39.8 Å². The number of anilines is 3. The molecule has 6 aromatic heterocycles. The highest BCUT2D eigenvalue weighted by Crippen LogP contribution is 2.43. The summed E-state index contributed by atoms with van der Waals surface area (Å²) < 4.78 is 73.2. The molecule has 17 nitrogen and oxygen atoms in total. The maximum atomic E-state index is 13.8. The van der Waals surface area contributed by atoms with Crippen LogP contribution in [0.5, 0.6) is 5.75 Å². The largest absolute Gasteiger partial charge is 0.573 e. The second-order valence-electron chi connectivity index (χ2n) is 23.0. The van der Waals surface area contributed by atoms with Crippen molar-refractivity contribution in [1.29, 1.82) is 0 Å². The Balaban J connectivity index is 0.000000163. The van der Waals surface area contributed by atoms with Crippen molar-refractivity contribution in [3.05, 3.63) is 142 Å². The number of rotatable bonds is 12. The highest BCUT2D eigenvalue weighted by molar-refractivity contribution is 6.30. The van der Waals surface area contributed by atoms with Crippen molar-refractivity contribution in [3.8, 4) is 17.1 Å². The molecule has 4 N–H and O–H groups in total. The first-order chi connectivity index (χ1) is 38.8. The van der Waals surface area contributed by atoms with Crippen LogP contribution in [0.3, 0.4) is 0 Å². The summed E-state index contributed by atoms with van der Waals surface area (Å²) in [4.78, 5) is 64.0. The van der Waals surface area contributed by atoms with Gasteiger partial charge in [-0.05, 0) is 129 Å². The van der Waals surface area contributed by atoms with E-state index >= 15 is 0 Å². The Morgan fingerprint density at radius 2 is 1.06 bits per heavy atom. The normalized spacial score (nSPS) is 13.9. The summed E-state index contributed by atoms with van der Waals surface area (Å²) in [5.74, 6) is -2.21. The molecule has 1 atom stereocenters. The minimum Gasteiger partial charge on any atom is -0.406 e. The standard InChI is InChI=1S/C21H23ClN4O2.C19H18ClF3N4O2.C19H20F2N4O/c1-20(11-6-12-20)26-18-15(9-10-16(22)24-18)23-19(26)25-17(27)13-21(2,28)14-7-4-3-5-8-14;1-18(2,3)10-15(28)26-17-24-13-8-9-14(20)25-16(13)27(17)11-4-6-12(7-5-11)29-19(21,22)23;1-11-5-8-15-17(22-11)25(12-6-7-13(20)14(21)9-12)18(23-15)24-16(26)10-19(2,3)4/h3-5,7-10,28H,6,11-13H2,1-2H3,(H,23,25,27);4-9H,10H2,1-3H3,(H,24,26,28);5-9H,10H2,1-4H3,(H,23,24,26)/t21-;;/m1../s1. The molecule has 1 aliphatic carbocycles. The van der Waals surface area contributed by atoms with Gasteiger partial charge in [0.05, 0.1) is 23.4 Å². The summed E-state index contributed by atoms with van der Waals surface area (Å²) in [6.45, 7) is 17.2. The fraction of sp³-hybridized carbons (Fsp3) is 0.339. The van der Waals surface area contributed by atoms with E-state index in [-0.39, 0.29) is 69.7 Å². The van der Waals surface area contributed by atoms with Crippen LogP contribution in [0.1, 0.15) is 105 Å². The summed E-state index contributed by atoms with van der Waals surface area (Å²) in [5, 5.41) is 19.8. The molecule has 9 aromatic rings. The molecule has 6 heterocycles.